The highest BCUT2D eigenvalue weighted by atomic mass is 32.1. The fourth-order valence-electron chi connectivity index (χ4n) is 3.78. The van der Waals surface area contributed by atoms with Crippen LogP contribution in [0.3, 0.4) is 0 Å². The van der Waals surface area contributed by atoms with Gasteiger partial charge in [0, 0.05) is 19.7 Å². The molecule has 3 aromatic heterocycles. The average molecular weight is 473 g/mol. The molecule has 2 aromatic carbocycles. The molecule has 0 aliphatic rings. The minimum atomic E-state index is -0.504. The smallest absolute Gasteiger partial charge is 0.315 e. The van der Waals surface area contributed by atoms with Crippen molar-refractivity contribution in [3.8, 4) is 21.7 Å². The van der Waals surface area contributed by atoms with E-state index in [1.807, 2.05) is 60.7 Å². The number of imidazole rings is 1. The molecule has 1 N–H and O–H groups in total. The molecule has 3 heterocycles. The molecule has 0 saturated heterocycles. The Labute approximate surface area is 197 Å². The molecule has 170 valence electrons. The van der Waals surface area contributed by atoms with E-state index in [1.54, 1.807) is 0 Å². The van der Waals surface area contributed by atoms with Crippen molar-refractivity contribution in [3.05, 3.63) is 87.8 Å². The number of anilines is 1. The van der Waals surface area contributed by atoms with Gasteiger partial charge in [0.25, 0.3) is 5.56 Å². The van der Waals surface area contributed by atoms with Crippen molar-refractivity contribution >= 4 is 33.5 Å². The van der Waals surface area contributed by atoms with E-state index < -0.39 is 11.2 Å². The summed E-state index contributed by atoms with van der Waals surface area (Å²) in [6.07, 6.45) is 1.39. The summed E-state index contributed by atoms with van der Waals surface area (Å²) in [6.45, 7) is -0.148. The Morgan fingerprint density at radius 1 is 0.941 bits per heavy atom. The Balaban J connectivity index is 1.48. The maximum atomic E-state index is 12.9. The lowest BCUT2D eigenvalue weighted by Crippen LogP contribution is -2.37. The summed E-state index contributed by atoms with van der Waals surface area (Å²) in [7, 11) is 2.93. The SMILES string of the molecule is Cn1c(=O)c2c(ncn2CC(=O)Nc2nc(-c3ccccc3)c(-c3ccccc3)s2)n(C)c1=O. The van der Waals surface area contributed by atoms with E-state index in [0.29, 0.717) is 5.13 Å². The number of thiazole rings is 1. The number of amides is 1. The van der Waals surface area contributed by atoms with Crippen molar-refractivity contribution in [2.24, 2.45) is 14.1 Å². The third-order valence-electron chi connectivity index (χ3n) is 5.49. The van der Waals surface area contributed by atoms with Crippen LogP contribution in [0, 0.1) is 0 Å². The first-order chi connectivity index (χ1) is 16.4. The Hall–Kier alpha value is -4.31. The van der Waals surface area contributed by atoms with Gasteiger partial charge in [-0.05, 0) is 5.56 Å². The van der Waals surface area contributed by atoms with Crippen molar-refractivity contribution < 1.29 is 4.79 Å². The Morgan fingerprint density at radius 2 is 1.59 bits per heavy atom. The number of hydrogen-bond donors (Lipinski definition) is 1. The minimum absolute atomic E-state index is 0.148. The zero-order chi connectivity index (χ0) is 23.8. The highest BCUT2D eigenvalue weighted by molar-refractivity contribution is 7.19. The summed E-state index contributed by atoms with van der Waals surface area (Å²) in [5.41, 5.74) is 2.17. The predicted octanol–water partition coefficient (Wildman–Crippen LogP) is 2.86. The summed E-state index contributed by atoms with van der Waals surface area (Å²) >= 11 is 1.38. The second-order valence-corrected chi connectivity index (χ2v) is 8.73. The fraction of sp³-hybridized carbons (Fsp3) is 0.125. The zero-order valence-corrected chi connectivity index (χ0v) is 19.2. The average Bonchev–Trinajstić information content (AvgIpc) is 3.47. The highest BCUT2D eigenvalue weighted by Gasteiger charge is 2.19. The quantitative estimate of drug-likeness (QED) is 0.424. The highest BCUT2D eigenvalue weighted by Crippen LogP contribution is 2.38. The maximum Gasteiger partial charge on any atom is 0.332 e. The number of rotatable bonds is 5. The number of nitrogens with one attached hydrogen (secondary N) is 1. The molecule has 9 nitrogen and oxygen atoms in total. The number of benzene rings is 2. The standard InChI is InChI=1S/C24H20N6O3S/c1-28-21-19(22(32)29(2)24(28)33)30(14-25-21)13-17(31)26-23-27-18(15-9-5-3-6-10-15)20(34-23)16-11-7-4-8-12-16/h3-12,14H,13H2,1-2H3,(H,26,27,31). The number of aromatic nitrogens is 5. The molecule has 0 bridgehead atoms. The van der Waals surface area contributed by atoms with E-state index in [4.69, 9.17) is 4.98 Å². The monoisotopic (exact) mass is 472 g/mol. The van der Waals surface area contributed by atoms with Crippen molar-refractivity contribution in [1.82, 2.24) is 23.7 Å². The van der Waals surface area contributed by atoms with Gasteiger partial charge >= 0.3 is 5.69 Å². The molecule has 34 heavy (non-hydrogen) atoms. The van der Waals surface area contributed by atoms with Crippen LogP contribution in [0.15, 0.2) is 76.6 Å². The molecule has 0 fully saturated rings. The predicted molar refractivity (Wildman–Crippen MR) is 132 cm³/mol. The molecule has 5 aromatic rings. The normalized spacial score (nSPS) is 11.1. The Bertz CT molecular complexity index is 1570. The van der Waals surface area contributed by atoms with Crippen LogP contribution < -0.4 is 16.6 Å². The number of hydrogen-bond acceptors (Lipinski definition) is 6. The van der Waals surface area contributed by atoms with Gasteiger partial charge < -0.3 is 9.88 Å². The summed E-state index contributed by atoms with van der Waals surface area (Å²) in [5.74, 6) is -0.358. The molecule has 1 amide bonds. The second kappa shape index (κ2) is 8.56. The molecule has 5 rings (SSSR count). The van der Waals surface area contributed by atoms with Gasteiger partial charge in [0.05, 0.1) is 16.9 Å². The van der Waals surface area contributed by atoms with Gasteiger partial charge in [-0.25, -0.2) is 14.8 Å². The zero-order valence-electron chi connectivity index (χ0n) is 18.4. The van der Waals surface area contributed by atoms with Gasteiger partial charge in [-0.3, -0.25) is 18.7 Å². The van der Waals surface area contributed by atoms with E-state index in [-0.39, 0.29) is 23.6 Å². The van der Waals surface area contributed by atoms with Gasteiger partial charge in [-0.1, -0.05) is 72.0 Å². The molecular weight excluding hydrogens is 452 g/mol. The van der Waals surface area contributed by atoms with Crippen molar-refractivity contribution in [1.29, 1.82) is 0 Å². The van der Waals surface area contributed by atoms with Gasteiger partial charge in [0.1, 0.15) is 6.54 Å². The van der Waals surface area contributed by atoms with Gasteiger partial charge in [0.2, 0.25) is 5.91 Å². The lowest BCUT2D eigenvalue weighted by molar-refractivity contribution is -0.116. The van der Waals surface area contributed by atoms with Crippen LogP contribution in [0.1, 0.15) is 0 Å². The van der Waals surface area contributed by atoms with E-state index in [1.165, 1.54) is 40.9 Å². The van der Waals surface area contributed by atoms with Gasteiger partial charge in [-0.15, -0.1) is 0 Å². The van der Waals surface area contributed by atoms with Crippen LogP contribution in [0.25, 0.3) is 32.9 Å². The number of aryl methyl sites for hydroxylation is 1. The minimum Gasteiger partial charge on any atom is -0.315 e. The third kappa shape index (κ3) is 3.73. The number of carbonyl (C=O) groups excluding carboxylic acids is 1. The summed E-state index contributed by atoms with van der Waals surface area (Å²) < 4.78 is 3.72. The van der Waals surface area contributed by atoms with Crippen LogP contribution in [0.5, 0.6) is 0 Å². The van der Waals surface area contributed by atoms with Crippen molar-refractivity contribution in [3.63, 3.8) is 0 Å². The number of fused-ring (bicyclic) bond motifs is 1. The van der Waals surface area contributed by atoms with E-state index in [2.05, 4.69) is 10.3 Å². The van der Waals surface area contributed by atoms with E-state index in [9.17, 15) is 14.4 Å². The van der Waals surface area contributed by atoms with E-state index >= 15 is 0 Å². The summed E-state index contributed by atoms with van der Waals surface area (Å²) in [6, 6.07) is 19.7. The number of carbonyl (C=O) groups is 1. The maximum absolute atomic E-state index is 12.9. The lowest BCUT2D eigenvalue weighted by Gasteiger charge is -2.06. The largest absolute Gasteiger partial charge is 0.332 e. The first-order valence-electron chi connectivity index (χ1n) is 10.5. The Morgan fingerprint density at radius 3 is 2.26 bits per heavy atom. The molecule has 0 radical (unpaired) electrons. The Kier molecular flexibility index (Phi) is 5.42. The molecule has 0 unspecified atom stereocenters. The molecule has 0 spiro atoms. The molecule has 0 atom stereocenters. The third-order valence-corrected chi connectivity index (χ3v) is 6.51. The molecule has 0 saturated carbocycles. The van der Waals surface area contributed by atoms with Crippen LogP contribution in [-0.4, -0.2) is 29.6 Å². The first-order valence-corrected chi connectivity index (χ1v) is 11.3. The van der Waals surface area contributed by atoms with Crippen LogP contribution in [0.4, 0.5) is 5.13 Å². The molecule has 0 aliphatic heterocycles. The molecule has 0 aliphatic carbocycles. The summed E-state index contributed by atoms with van der Waals surface area (Å²) in [5, 5.41) is 3.30. The second-order valence-electron chi connectivity index (χ2n) is 7.73. The van der Waals surface area contributed by atoms with Crippen LogP contribution >= 0.6 is 11.3 Å². The summed E-state index contributed by atoms with van der Waals surface area (Å²) in [4.78, 5) is 47.5. The van der Waals surface area contributed by atoms with Crippen molar-refractivity contribution in [2.75, 3.05) is 5.32 Å². The van der Waals surface area contributed by atoms with Gasteiger partial charge in [0.15, 0.2) is 16.3 Å². The van der Waals surface area contributed by atoms with Gasteiger partial charge in [-0.2, -0.15) is 0 Å². The van der Waals surface area contributed by atoms with Crippen LogP contribution in [0.2, 0.25) is 0 Å². The molecule has 10 heteroatoms. The molecular formula is C24H20N6O3S. The van der Waals surface area contributed by atoms with E-state index in [0.717, 1.165) is 26.3 Å². The van der Waals surface area contributed by atoms with Crippen molar-refractivity contribution in [2.45, 2.75) is 6.54 Å². The fourth-order valence-corrected chi connectivity index (χ4v) is 4.79. The topological polar surface area (TPSA) is 104 Å². The first kappa shape index (κ1) is 21.5. The number of nitrogens with zero attached hydrogens (tertiary/aromatic N) is 5. The van der Waals surface area contributed by atoms with Crippen LogP contribution in [-0.2, 0) is 25.4 Å². The lowest BCUT2D eigenvalue weighted by atomic mass is 10.1.